The minimum atomic E-state index is -4.70. The number of alkyl halides is 3. The second-order valence-electron chi connectivity index (χ2n) is 4.43. The minimum absolute atomic E-state index is 0.00721. The van der Waals surface area contributed by atoms with Crippen molar-refractivity contribution in [2.75, 3.05) is 13.2 Å². The SMILES string of the molecule is CCOC(=O)c1oc2c(C(F)(F)F)cccc2c1C(=O)OCC. The summed E-state index contributed by atoms with van der Waals surface area (Å²) >= 11 is 0. The maximum Gasteiger partial charge on any atom is 0.420 e. The third-order valence-corrected chi connectivity index (χ3v) is 2.96. The molecular formula is C15H13F3O5. The highest BCUT2D eigenvalue weighted by Gasteiger charge is 2.37. The Labute approximate surface area is 129 Å². The number of carbonyl (C=O) groups excluding carboxylic acids is 2. The number of hydrogen-bond acceptors (Lipinski definition) is 5. The van der Waals surface area contributed by atoms with Gasteiger partial charge in [0.25, 0.3) is 0 Å². The Morgan fingerprint density at radius 2 is 1.70 bits per heavy atom. The lowest BCUT2D eigenvalue weighted by atomic mass is 10.1. The third-order valence-electron chi connectivity index (χ3n) is 2.96. The molecule has 0 N–H and O–H groups in total. The van der Waals surface area contributed by atoms with E-state index >= 15 is 0 Å². The summed E-state index contributed by atoms with van der Waals surface area (Å²) in [7, 11) is 0. The number of esters is 2. The molecule has 1 aromatic carbocycles. The van der Waals surface area contributed by atoms with Crippen molar-refractivity contribution in [3.05, 3.63) is 35.1 Å². The predicted octanol–water partition coefficient (Wildman–Crippen LogP) is 3.81. The van der Waals surface area contributed by atoms with Crippen LogP contribution >= 0.6 is 0 Å². The van der Waals surface area contributed by atoms with E-state index in [0.717, 1.165) is 12.1 Å². The highest BCUT2D eigenvalue weighted by Crippen LogP contribution is 2.38. The summed E-state index contributed by atoms with van der Waals surface area (Å²) in [5.74, 6) is -2.58. The fourth-order valence-electron chi connectivity index (χ4n) is 2.09. The van der Waals surface area contributed by atoms with E-state index in [0.29, 0.717) is 0 Å². The molecule has 2 aromatic rings. The molecule has 0 aliphatic heterocycles. The zero-order chi connectivity index (χ0) is 17.2. The van der Waals surface area contributed by atoms with Gasteiger partial charge < -0.3 is 13.9 Å². The molecule has 0 aliphatic rings. The van der Waals surface area contributed by atoms with Crippen molar-refractivity contribution in [1.82, 2.24) is 0 Å². The zero-order valence-corrected chi connectivity index (χ0v) is 12.3. The van der Waals surface area contributed by atoms with Crippen molar-refractivity contribution in [2.45, 2.75) is 20.0 Å². The molecule has 0 bridgehead atoms. The first-order valence-corrected chi connectivity index (χ1v) is 6.78. The second-order valence-corrected chi connectivity index (χ2v) is 4.43. The van der Waals surface area contributed by atoms with Crippen LogP contribution in [-0.2, 0) is 15.7 Å². The number of benzene rings is 1. The lowest BCUT2D eigenvalue weighted by Crippen LogP contribution is -2.12. The van der Waals surface area contributed by atoms with Crippen LogP contribution in [0.15, 0.2) is 22.6 Å². The van der Waals surface area contributed by atoms with Gasteiger partial charge in [-0.2, -0.15) is 13.2 Å². The molecule has 2 rings (SSSR count). The number of ether oxygens (including phenoxy) is 2. The van der Waals surface area contributed by atoms with Gasteiger partial charge >= 0.3 is 18.1 Å². The average molecular weight is 330 g/mol. The van der Waals surface area contributed by atoms with Crippen LogP contribution in [0.2, 0.25) is 0 Å². The van der Waals surface area contributed by atoms with Gasteiger partial charge in [0.15, 0.2) is 0 Å². The molecule has 0 amide bonds. The van der Waals surface area contributed by atoms with Crippen molar-refractivity contribution in [3.8, 4) is 0 Å². The normalized spacial score (nSPS) is 11.5. The van der Waals surface area contributed by atoms with Gasteiger partial charge in [-0.25, -0.2) is 9.59 Å². The lowest BCUT2D eigenvalue weighted by Gasteiger charge is -2.06. The summed E-state index contributed by atoms with van der Waals surface area (Å²) in [6.07, 6.45) is -4.70. The molecule has 23 heavy (non-hydrogen) atoms. The number of carbonyl (C=O) groups is 2. The molecule has 0 fully saturated rings. The Bertz CT molecular complexity index is 745. The summed E-state index contributed by atoms with van der Waals surface area (Å²) in [6, 6.07) is 3.18. The Hall–Kier alpha value is -2.51. The minimum Gasteiger partial charge on any atom is -0.462 e. The van der Waals surface area contributed by atoms with Gasteiger partial charge in [0, 0.05) is 5.39 Å². The van der Waals surface area contributed by atoms with Gasteiger partial charge in [0.2, 0.25) is 5.76 Å². The summed E-state index contributed by atoms with van der Waals surface area (Å²) in [4.78, 5) is 23.9. The van der Waals surface area contributed by atoms with Gasteiger partial charge in [-0.05, 0) is 19.9 Å². The average Bonchev–Trinajstić information content (AvgIpc) is 2.85. The quantitative estimate of drug-likeness (QED) is 0.798. The van der Waals surface area contributed by atoms with Crippen molar-refractivity contribution >= 4 is 22.9 Å². The largest absolute Gasteiger partial charge is 0.462 e. The maximum atomic E-state index is 13.1. The van der Waals surface area contributed by atoms with Crippen LogP contribution < -0.4 is 0 Å². The van der Waals surface area contributed by atoms with Crippen molar-refractivity contribution in [3.63, 3.8) is 0 Å². The number of furan rings is 1. The number of halogens is 3. The van der Waals surface area contributed by atoms with Crippen LogP contribution in [0.5, 0.6) is 0 Å². The van der Waals surface area contributed by atoms with E-state index in [9.17, 15) is 22.8 Å². The van der Waals surface area contributed by atoms with Gasteiger partial charge in [-0.3, -0.25) is 0 Å². The Morgan fingerprint density at radius 1 is 1.09 bits per heavy atom. The van der Waals surface area contributed by atoms with E-state index in [2.05, 4.69) is 0 Å². The van der Waals surface area contributed by atoms with Crippen molar-refractivity contribution in [1.29, 1.82) is 0 Å². The molecule has 0 saturated heterocycles. The summed E-state index contributed by atoms with van der Waals surface area (Å²) in [6.45, 7) is 3.02. The molecule has 8 heteroatoms. The van der Waals surface area contributed by atoms with Gasteiger partial charge in [0.1, 0.15) is 11.1 Å². The van der Waals surface area contributed by atoms with E-state index < -0.39 is 35.0 Å². The first-order chi connectivity index (χ1) is 10.8. The molecule has 0 aliphatic carbocycles. The summed E-state index contributed by atoms with van der Waals surface area (Å²) in [5.41, 5.74) is -2.06. The maximum absolute atomic E-state index is 13.1. The van der Waals surface area contributed by atoms with Crippen LogP contribution in [0.1, 0.15) is 40.3 Å². The molecule has 0 unspecified atom stereocenters. The molecule has 0 radical (unpaired) electrons. The Kier molecular flexibility index (Phi) is 4.63. The van der Waals surface area contributed by atoms with Crippen LogP contribution in [0.4, 0.5) is 13.2 Å². The third kappa shape index (κ3) is 3.15. The summed E-state index contributed by atoms with van der Waals surface area (Å²) < 4.78 is 53.8. The molecule has 0 atom stereocenters. The lowest BCUT2D eigenvalue weighted by molar-refractivity contribution is -0.136. The topological polar surface area (TPSA) is 65.7 Å². The molecular weight excluding hydrogens is 317 g/mol. The van der Waals surface area contributed by atoms with Crippen LogP contribution in [-0.4, -0.2) is 25.2 Å². The first-order valence-electron chi connectivity index (χ1n) is 6.78. The van der Waals surface area contributed by atoms with Crippen LogP contribution in [0, 0.1) is 0 Å². The number of hydrogen-bond donors (Lipinski definition) is 0. The van der Waals surface area contributed by atoms with E-state index in [1.165, 1.54) is 19.9 Å². The first kappa shape index (κ1) is 16.9. The fraction of sp³-hybridized carbons (Fsp3) is 0.333. The number of para-hydroxylation sites is 1. The molecule has 124 valence electrons. The van der Waals surface area contributed by atoms with Crippen molar-refractivity contribution < 1.29 is 36.7 Å². The molecule has 1 aromatic heterocycles. The summed E-state index contributed by atoms with van der Waals surface area (Å²) in [5, 5.41) is -0.152. The highest BCUT2D eigenvalue weighted by atomic mass is 19.4. The fourth-order valence-corrected chi connectivity index (χ4v) is 2.09. The van der Waals surface area contributed by atoms with Crippen LogP contribution in [0.25, 0.3) is 11.0 Å². The van der Waals surface area contributed by atoms with Gasteiger partial charge in [-0.15, -0.1) is 0 Å². The van der Waals surface area contributed by atoms with E-state index in [-0.39, 0.29) is 24.2 Å². The molecule has 1 heterocycles. The van der Waals surface area contributed by atoms with E-state index in [4.69, 9.17) is 13.9 Å². The predicted molar refractivity (Wildman–Crippen MR) is 73.1 cm³/mol. The standard InChI is InChI=1S/C15H13F3O5/c1-3-21-13(19)10-8-6-5-7-9(15(16,17)18)11(8)23-12(10)14(20)22-4-2/h5-7H,3-4H2,1-2H3. The monoisotopic (exact) mass is 330 g/mol. The van der Waals surface area contributed by atoms with E-state index in [1.807, 2.05) is 0 Å². The molecule has 0 saturated carbocycles. The van der Waals surface area contributed by atoms with Gasteiger partial charge in [-0.1, -0.05) is 12.1 Å². The Morgan fingerprint density at radius 3 is 2.26 bits per heavy atom. The van der Waals surface area contributed by atoms with Gasteiger partial charge in [0.05, 0.1) is 18.8 Å². The van der Waals surface area contributed by atoms with E-state index in [1.54, 1.807) is 0 Å². The smallest absolute Gasteiger partial charge is 0.420 e. The van der Waals surface area contributed by atoms with Crippen molar-refractivity contribution in [2.24, 2.45) is 0 Å². The highest BCUT2D eigenvalue weighted by molar-refractivity contribution is 6.11. The molecule has 5 nitrogen and oxygen atoms in total. The number of rotatable bonds is 4. The van der Waals surface area contributed by atoms with Crippen LogP contribution in [0.3, 0.4) is 0 Å². The Balaban J connectivity index is 2.75. The second kappa shape index (κ2) is 6.31. The number of fused-ring (bicyclic) bond motifs is 1. The molecule has 0 spiro atoms. The zero-order valence-electron chi connectivity index (χ0n) is 12.3.